The van der Waals surface area contributed by atoms with Crippen LogP contribution in [0.25, 0.3) is 0 Å². The van der Waals surface area contributed by atoms with E-state index in [4.69, 9.17) is 4.74 Å². The Balaban J connectivity index is 1.47. The van der Waals surface area contributed by atoms with Gasteiger partial charge in [-0.15, -0.1) is 0 Å². The number of amides is 1. The van der Waals surface area contributed by atoms with Crippen LogP contribution in [0.3, 0.4) is 0 Å². The first-order valence-electron chi connectivity index (χ1n) is 12.0. The molecule has 2 bridgehead atoms. The van der Waals surface area contributed by atoms with Gasteiger partial charge in [0, 0.05) is 32.0 Å². The van der Waals surface area contributed by atoms with Crippen LogP contribution in [-0.2, 0) is 6.42 Å². The molecule has 1 N–H and O–H groups in total. The molecule has 2 aliphatic heterocycles. The Bertz CT molecular complexity index is 873. The third kappa shape index (κ3) is 5.97. The molecule has 1 aromatic heterocycles. The van der Waals surface area contributed by atoms with Gasteiger partial charge in [0.05, 0.1) is 12.1 Å². The Labute approximate surface area is 191 Å². The summed E-state index contributed by atoms with van der Waals surface area (Å²) in [6.07, 6.45) is 11.5. The van der Waals surface area contributed by atoms with Crippen LogP contribution in [0.2, 0.25) is 0 Å². The van der Waals surface area contributed by atoms with E-state index >= 15 is 0 Å². The second kappa shape index (κ2) is 11.3. The first-order chi connectivity index (χ1) is 15.7. The minimum Gasteiger partial charge on any atom is -0.492 e. The van der Waals surface area contributed by atoms with Crippen LogP contribution in [0.15, 0.2) is 36.7 Å². The number of carbonyl (C=O) groups excluding carboxylic acids is 1. The summed E-state index contributed by atoms with van der Waals surface area (Å²) in [5.74, 6) is 1.36. The quantitative estimate of drug-likeness (QED) is 0.774. The van der Waals surface area contributed by atoms with Crippen molar-refractivity contribution in [2.75, 3.05) is 45.2 Å². The summed E-state index contributed by atoms with van der Waals surface area (Å²) in [5, 5.41) is 2.89. The van der Waals surface area contributed by atoms with E-state index in [1.54, 1.807) is 19.4 Å². The zero-order chi connectivity index (χ0) is 22.2. The van der Waals surface area contributed by atoms with E-state index < -0.39 is 0 Å². The van der Waals surface area contributed by atoms with Crippen molar-refractivity contribution in [1.82, 2.24) is 19.8 Å². The number of nitrogens with zero attached hydrogens (tertiary/aromatic N) is 4. The zero-order valence-electron chi connectivity index (χ0n) is 19.1. The number of aromatic nitrogens is 2. The molecule has 7 nitrogen and oxygen atoms in total. The number of hydrogen-bond donors (Lipinski definition) is 1. The summed E-state index contributed by atoms with van der Waals surface area (Å²) < 4.78 is 6.04. The highest BCUT2D eigenvalue weighted by atomic mass is 16.5. The van der Waals surface area contributed by atoms with Crippen LogP contribution < -0.4 is 10.1 Å². The lowest BCUT2D eigenvalue weighted by Crippen LogP contribution is -2.40. The molecule has 7 heteroatoms. The van der Waals surface area contributed by atoms with Gasteiger partial charge in [-0.3, -0.25) is 4.79 Å². The Morgan fingerprint density at radius 3 is 2.62 bits per heavy atom. The van der Waals surface area contributed by atoms with Crippen LogP contribution in [-0.4, -0.2) is 71.6 Å². The summed E-state index contributed by atoms with van der Waals surface area (Å²) in [6.45, 7) is 4.05. The monoisotopic (exact) mass is 437 g/mol. The van der Waals surface area contributed by atoms with Crippen LogP contribution in [0.4, 0.5) is 5.95 Å². The number of hydrogen-bond acceptors (Lipinski definition) is 6. The summed E-state index contributed by atoms with van der Waals surface area (Å²) in [5.41, 5.74) is 1.85. The normalized spacial score (nSPS) is 20.9. The van der Waals surface area contributed by atoms with E-state index in [0.29, 0.717) is 37.3 Å². The van der Waals surface area contributed by atoms with E-state index in [-0.39, 0.29) is 5.91 Å². The van der Waals surface area contributed by atoms with Crippen LogP contribution in [0.5, 0.6) is 5.75 Å². The first kappa shape index (κ1) is 22.5. The van der Waals surface area contributed by atoms with Crippen LogP contribution >= 0.6 is 0 Å². The molecule has 3 heterocycles. The molecule has 1 unspecified atom stereocenters. The van der Waals surface area contributed by atoms with Gasteiger partial charge >= 0.3 is 0 Å². The SMILES string of the molecule is CNc1ncc(C(=O)N2CCCCN3CCCCC3CCc3cccc(c3)OCC2)cn1. The fourth-order valence-electron chi connectivity index (χ4n) is 4.76. The van der Waals surface area contributed by atoms with Gasteiger partial charge in [-0.05, 0) is 69.3 Å². The third-order valence-corrected chi connectivity index (χ3v) is 6.58. The van der Waals surface area contributed by atoms with Crippen molar-refractivity contribution in [3.63, 3.8) is 0 Å². The standard InChI is InChI=1S/C25H35N5O2/c1-26-25-27-18-21(19-28-25)24(31)30-14-5-4-13-29-12-3-2-8-22(29)11-10-20-7-6-9-23(17-20)32-16-15-30/h6-7,9,17-19,22H,2-5,8,10-16H2,1H3,(H,26,27,28). The van der Waals surface area contributed by atoms with Gasteiger partial charge in [0.1, 0.15) is 12.4 Å². The van der Waals surface area contributed by atoms with Gasteiger partial charge in [-0.2, -0.15) is 0 Å². The predicted molar refractivity (Wildman–Crippen MR) is 126 cm³/mol. The zero-order valence-corrected chi connectivity index (χ0v) is 19.1. The largest absolute Gasteiger partial charge is 0.492 e. The number of rotatable bonds is 2. The number of anilines is 1. The summed E-state index contributed by atoms with van der Waals surface area (Å²) in [6, 6.07) is 9.10. The van der Waals surface area contributed by atoms with Crippen molar-refractivity contribution in [2.24, 2.45) is 0 Å². The van der Waals surface area contributed by atoms with E-state index in [1.165, 1.54) is 37.8 Å². The van der Waals surface area contributed by atoms with Crippen LogP contribution in [0, 0.1) is 0 Å². The number of aryl methyl sites for hydroxylation is 1. The van der Waals surface area contributed by atoms with Gasteiger partial charge in [0.25, 0.3) is 5.91 Å². The molecule has 4 rings (SSSR count). The first-order valence-corrected chi connectivity index (χ1v) is 12.0. The lowest BCUT2D eigenvalue weighted by molar-refractivity contribution is 0.0721. The number of benzene rings is 1. The minimum absolute atomic E-state index is 0.0369. The molecular formula is C25H35N5O2. The molecule has 1 atom stereocenters. The average Bonchev–Trinajstić information content (AvgIpc) is 2.84. The third-order valence-electron chi connectivity index (χ3n) is 6.58. The van der Waals surface area contributed by atoms with E-state index in [9.17, 15) is 4.79 Å². The van der Waals surface area contributed by atoms with Gasteiger partial charge in [0.15, 0.2) is 0 Å². The molecule has 0 aliphatic carbocycles. The molecule has 1 fully saturated rings. The van der Waals surface area contributed by atoms with Crippen LogP contribution in [0.1, 0.15) is 54.4 Å². The molecule has 1 aromatic carbocycles. The number of ether oxygens (including phenoxy) is 1. The Morgan fingerprint density at radius 2 is 1.81 bits per heavy atom. The Morgan fingerprint density at radius 1 is 1.03 bits per heavy atom. The van der Waals surface area contributed by atoms with Crippen molar-refractivity contribution in [2.45, 2.75) is 51.0 Å². The summed E-state index contributed by atoms with van der Waals surface area (Å²) >= 11 is 0. The smallest absolute Gasteiger partial charge is 0.257 e. The summed E-state index contributed by atoms with van der Waals surface area (Å²) in [4.78, 5) is 26.1. The fourth-order valence-corrected chi connectivity index (χ4v) is 4.76. The maximum absolute atomic E-state index is 13.2. The lowest BCUT2D eigenvalue weighted by Gasteiger charge is -2.36. The Kier molecular flexibility index (Phi) is 7.93. The molecular weight excluding hydrogens is 402 g/mol. The van der Waals surface area contributed by atoms with Gasteiger partial charge in [-0.25, -0.2) is 9.97 Å². The lowest BCUT2D eigenvalue weighted by atomic mass is 9.95. The van der Waals surface area contributed by atoms with E-state index in [1.807, 2.05) is 11.0 Å². The van der Waals surface area contributed by atoms with E-state index in [0.717, 1.165) is 31.6 Å². The number of carbonyl (C=O) groups is 1. The van der Waals surface area contributed by atoms with Crippen molar-refractivity contribution in [1.29, 1.82) is 0 Å². The molecule has 2 aliphatic rings. The molecule has 0 saturated carbocycles. The maximum atomic E-state index is 13.2. The number of nitrogens with one attached hydrogen (secondary N) is 1. The number of piperidine rings is 1. The topological polar surface area (TPSA) is 70.6 Å². The molecule has 172 valence electrons. The second-order valence-corrected chi connectivity index (χ2v) is 8.76. The fraction of sp³-hybridized carbons (Fsp3) is 0.560. The molecule has 0 radical (unpaired) electrons. The van der Waals surface area contributed by atoms with Crippen molar-refractivity contribution < 1.29 is 9.53 Å². The molecule has 32 heavy (non-hydrogen) atoms. The Hall–Kier alpha value is -2.67. The van der Waals surface area contributed by atoms with Gasteiger partial charge in [-0.1, -0.05) is 18.6 Å². The average molecular weight is 438 g/mol. The minimum atomic E-state index is -0.0369. The number of fused-ring (bicyclic) bond motifs is 3. The highest BCUT2D eigenvalue weighted by Gasteiger charge is 2.22. The molecule has 1 saturated heterocycles. The second-order valence-electron chi connectivity index (χ2n) is 8.76. The summed E-state index contributed by atoms with van der Waals surface area (Å²) in [7, 11) is 1.76. The maximum Gasteiger partial charge on any atom is 0.257 e. The highest BCUT2D eigenvalue weighted by molar-refractivity contribution is 5.93. The predicted octanol–water partition coefficient (Wildman–Crippen LogP) is 3.62. The molecule has 1 amide bonds. The van der Waals surface area contributed by atoms with Crippen molar-refractivity contribution in [3.8, 4) is 5.75 Å². The van der Waals surface area contributed by atoms with Gasteiger partial charge < -0.3 is 19.9 Å². The molecule has 0 spiro atoms. The van der Waals surface area contributed by atoms with Crippen molar-refractivity contribution >= 4 is 11.9 Å². The van der Waals surface area contributed by atoms with E-state index in [2.05, 4.69) is 38.4 Å². The van der Waals surface area contributed by atoms with Crippen molar-refractivity contribution in [3.05, 3.63) is 47.8 Å². The van der Waals surface area contributed by atoms with Gasteiger partial charge in [0.2, 0.25) is 5.95 Å². The molecule has 2 aromatic rings. The highest BCUT2D eigenvalue weighted by Crippen LogP contribution is 2.23.